The third-order valence-electron chi connectivity index (χ3n) is 3.60. The molecule has 1 aromatic rings. The fourth-order valence-corrected chi connectivity index (χ4v) is 3.33. The summed E-state index contributed by atoms with van der Waals surface area (Å²) >= 11 is 5.65. The van der Waals surface area contributed by atoms with E-state index in [-0.39, 0.29) is 11.8 Å². The van der Waals surface area contributed by atoms with Crippen molar-refractivity contribution in [3.05, 3.63) is 31.8 Å². The predicted octanol–water partition coefficient (Wildman–Crippen LogP) is 3.14. The van der Waals surface area contributed by atoms with Crippen molar-refractivity contribution in [3.8, 4) is 0 Å². The van der Waals surface area contributed by atoms with Crippen LogP contribution in [0.5, 0.6) is 0 Å². The van der Waals surface area contributed by atoms with E-state index in [2.05, 4.69) is 38.5 Å². The van der Waals surface area contributed by atoms with Crippen molar-refractivity contribution in [1.82, 2.24) is 9.80 Å². The number of rotatable bonds is 2. The van der Waals surface area contributed by atoms with Crippen molar-refractivity contribution in [3.63, 3.8) is 0 Å². The molecule has 0 aliphatic carbocycles. The molecule has 2 rings (SSSR count). The summed E-state index contributed by atoms with van der Waals surface area (Å²) in [6, 6.07) is 5.76. The second-order valence-electron chi connectivity index (χ2n) is 5.00. The summed E-state index contributed by atoms with van der Waals surface area (Å²) in [4.78, 5) is 28.1. The molecule has 0 N–H and O–H groups in total. The molecule has 0 radical (unpaired) electrons. The van der Waals surface area contributed by atoms with E-state index < -0.39 is 0 Å². The van der Waals surface area contributed by atoms with Crippen LogP contribution in [0.15, 0.2) is 22.7 Å². The molecule has 0 bridgehead atoms. The van der Waals surface area contributed by atoms with E-state index in [4.69, 9.17) is 0 Å². The van der Waals surface area contributed by atoms with E-state index in [1.54, 1.807) is 0 Å². The first-order chi connectivity index (χ1) is 10.0. The van der Waals surface area contributed by atoms with Gasteiger partial charge >= 0.3 is 0 Å². The average Bonchev–Trinajstić information content (AvgIpc) is 2.74. The lowest BCUT2D eigenvalue weighted by Gasteiger charge is -2.22. The highest BCUT2D eigenvalue weighted by molar-refractivity contribution is 14.1. The van der Waals surface area contributed by atoms with Crippen LogP contribution < -0.4 is 0 Å². The van der Waals surface area contributed by atoms with Gasteiger partial charge in [-0.3, -0.25) is 9.59 Å². The van der Waals surface area contributed by atoms with Crippen molar-refractivity contribution < 1.29 is 9.59 Å². The van der Waals surface area contributed by atoms with Crippen LogP contribution in [0.4, 0.5) is 0 Å². The number of halogens is 2. The third kappa shape index (κ3) is 4.18. The molecule has 1 fully saturated rings. The quantitative estimate of drug-likeness (QED) is 0.631. The Labute approximate surface area is 147 Å². The van der Waals surface area contributed by atoms with Crippen molar-refractivity contribution in [2.45, 2.75) is 19.8 Å². The van der Waals surface area contributed by atoms with Gasteiger partial charge in [-0.25, -0.2) is 0 Å². The Hall–Kier alpha value is -0.630. The maximum atomic E-state index is 12.7. The highest BCUT2D eigenvalue weighted by atomic mass is 127. The molecule has 1 heterocycles. The van der Waals surface area contributed by atoms with Gasteiger partial charge in [0.05, 0.1) is 5.56 Å². The Balaban J connectivity index is 2.10. The first-order valence-electron chi connectivity index (χ1n) is 7.05. The molecule has 4 nitrogen and oxygen atoms in total. The number of hydrogen-bond donors (Lipinski definition) is 0. The molecule has 0 aromatic heterocycles. The summed E-state index contributed by atoms with van der Waals surface area (Å²) < 4.78 is 1.86. The fourth-order valence-electron chi connectivity index (χ4n) is 2.43. The Morgan fingerprint density at radius 3 is 2.57 bits per heavy atom. The topological polar surface area (TPSA) is 40.6 Å². The number of carbonyl (C=O) groups is 2. The zero-order valence-electron chi connectivity index (χ0n) is 11.9. The van der Waals surface area contributed by atoms with Gasteiger partial charge in [0.1, 0.15) is 0 Å². The molecule has 114 valence electrons. The van der Waals surface area contributed by atoms with Gasteiger partial charge in [-0.2, -0.15) is 0 Å². The highest BCUT2D eigenvalue weighted by Crippen LogP contribution is 2.21. The van der Waals surface area contributed by atoms with E-state index in [9.17, 15) is 9.59 Å². The van der Waals surface area contributed by atoms with Crippen molar-refractivity contribution >= 4 is 50.3 Å². The second kappa shape index (κ2) is 7.58. The Morgan fingerprint density at radius 1 is 1.19 bits per heavy atom. The number of amides is 2. The Bertz CT molecular complexity index is 550. The number of carbonyl (C=O) groups excluding carboxylic acids is 2. The maximum Gasteiger partial charge on any atom is 0.255 e. The molecule has 0 spiro atoms. The molecule has 0 saturated carbocycles. The molecule has 2 amide bonds. The molecular formula is C15H18BrIN2O2. The van der Waals surface area contributed by atoms with Crippen LogP contribution in [-0.2, 0) is 4.79 Å². The van der Waals surface area contributed by atoms with Crippen LogP contribution in [-0.4, -0.2) is 47.8 Å². The van der Waals surface area contributed by atoms with Crippen molar-refractivity contribution in [2.75, 3.05) is 26.2 Å². The zero-order chi connectivity index (χ0) is 15.4. The molecule has 6 heteroatoms. The van der Waals surface area contributed by atoms with Gasteiger partial charge in [0.2, 0.25) is 5.91 Å². The summed E-state index contributed by atoms with van der Waals surface area (Å²) in [5.41, 5.74) is 0.692. The standard InChI is InChI=1S/C15H18BrIN2O2/c1-2-14(20)18-6-3-7-19(9-8-18)15(21)12-10-11(17)4-5-13(12)16/h4-5,10H,2-3,6-9H2,1H3. The van der Waals surface area contributed by atoms with Crippen molar-refractivity contribution in [2.24, 2.45) is 0 Å². The minimum atomic E-state index is 0.0335. The van der Waals surface area contributed by atoms with Gasteiger partial charge in [-0.1, -0.05) is 6.92 Å². The summed E-state index contributed by atoms with van der Waals surface area (Å²) in [6.07, 6.45) is 1.36. The largest absolute Gasteiger partial charge is 0.341 e. The van der Waals surface area contributed by atoms with Crippen LogP contribution in [0.25, 0.3) is 0 Å². The molecule has 0 unspecified atom stereocenters. The van der Waals surface area contributed by atoms with E-state index >= 15 is 0 Å². The van der Waals surface area contributed by atoms with Crippen LogP contribution in [0.2, 0.25) is 0 Å². The predicted molar refractivity (Wildman–Crippen MR) is 94.3 cm³/mol. The van der Waals surface area contributed by atoms with Gasteiger partial charge in [-0.05, 0) is 63.1 Å². The lowest BCUT2D eigenvalue weighted by Crippen LogP contribution is -2.37. The van der Waals surface area contributed by atoms with Gasteiger partial charge in [0, 0.05) is 40.6 Å². The monoisotopic (exact) mass is 464 g/mol. The normalized spacial score (nSPS) is 15.8. The molecular weight excluding hydrogens is 447 g/mol. The minimum Gasteiger partial charge on any atom is -0.341 e. The number of hydrogen-bond acceptors (Lipinski definition) is 2. The third-order valence-corrected chi connectivity index (χ3v) is 4.96. The van der Waals surface area contributed by atoms with Crippen LogP contribution in [0.3, 0.4) is 0 Å². The van der Waals surface area contributed by atoms with E-state index in [0.29, 0.717) is 31.6 Å². The van der Waals surface area contributed by atoms with Gasteiger partial charge < -0.3 is 9.80 Å². The van der Waals surface area contributed by atoms with Crippen LogP contribution >= 0.6 is 38.5 Å². The molecule has 1 aromatic carbocycles. The van der Waals surface area contributed by atoms with Crippen LogP contribution in [0, 0.1) is 3.57 Å². The Morgan fingerprint density at radius 2 is 1.86 bits per heavy atom. The SMILES string of the molecule is CCC(=O)N1CCCN(C(=O)c2cc(I)ccc2Br)CC1. The first-order valence-corrected chi connectivity index (χ1v) is 8.92. The fraction of sp³-hybridized carbons (Fsp3) is 0.467. The van der Waals surface area contributed by atoms with Crippen molar-refractivity contribution in [1.29, 1.82) is 0 Å². The van der Waals surface area contributed by atoms with E-state index in [1.807, 2.05) is 34.9 Å². The zero-order valence-corrected chi connectivity index (χ0v) is 15.7. The van der Waals surface area contributed by atoms with E-state index in [1.165, 1.54) is 0 Å². The molecule has 1 aliphatic heterocycles. The number of nitrogens with zero attached hydrogens (tertiary/aromatic N) is 2. The summed E-state index contributed by atoms with van der Waals surface area (Å²) in [7, 11) is 0. The lowest BCUT2D eigenvalue weighted by atomic mass is 10.2. The van der Waals surface area contributed by atoms with Gasteiger partial charge in [-0.15, -0.1) is 0 Å². The summed E-state index contributed by atoms with van der Waals surface area (Å²) in [5.74, 6) is 0.200. The lowest BCUT2D eigenvalue weighted by molar-refractivity contribution is -0.130. The number of benzene rings is 1. The van der Waals surface area contributed by atoms with Crippen LogP contribution in [0.1, 0.15) is 30.1 Å². The highest BCUT2D eigenvalue weighted by Gasteiger charge is 2.23. The second-order valence-corrected chi connectivity index (χ2v) is 7.10. The summed E-state index contributed by atoms with van der Waals surface area (Å²) in [5, 5.41) is 0. The maximum absolute atomic E-state index is 12.7. The molecule has 1 aliphatic rings. The smallest absolute Gasteiger partial charge is 0.255 e. The molecule has 1 saturated heterocycles. The van der Waals surface area contributed by atoms with Gasteiger partial charge in [0.25, 0.3) is 5.91 Å². The molecule has 21 heavy (non-hydrogen) atoms. The Kier molecular flexibility index (Phi) is 6.04. The minimum absolute atomic E-state index is 0.0335. The van der Waals surface area contributed by atoms with Gasteiger partial charge in [0.15, 0.2) is 0 Å². The molecule has 0 atom stereocenters. The first kappa shape index (κ1) is 16.7. The average molecular weight is 465 g/mol. The van der Waals surface area contributed by atoms with E-state index in [0.717, 1.165) is 21.0 Å². The summed E-state index contributed by atoms with van der Waals surface area (Å²) in [6.45, 7) is 4.54.